The molecule has 2 nitrogen and oxygen atoms in total. The summed E-state index contributed by atoms with van der Waals surface area (Å²) in [7, 11) is 0. The van der Waals surface area contributed by atoms with Crippen LogP contribution in [0, 0.1) is 0 Å². The fourth-order valence-corrected chi connectivity index (χ4v) is 3.40. The maximum Gasteiger partial charge on any atom is 0.0702 e. The molecule has 18 heavy (non-hydrogen) atoms. The Labute approximate surface area is 118 Å². The number of benzene rings is 1. The van der Waals surface area contributed by atoms with Crippen molar-refractivity contribution >= 4 is 38.2 Å². The van der Waals surface area contributed by atoms with Gasteiger partial charge in [-0.25, -0.2) is 0 Å². The summed E-state index contributed by atoms with van der Waals surface area (Å²) in [5.41, 5.74) is 8.41. The van der Waals surface area contributed by atoms with Gasteiger partial charge in [-0.3, -0.25) is 4.98 Å². The SMILES string of the molecule is NC(c1ccc2ncccc2c1)c1ccc(Br)s1. The monoisotopic (exact) mass is 318 g/mol. The third-order valence-corrected chi connectivity index (χ3v) is 4.59. The maximum absolute atomic E-state index is 6.29. The summed E-state index contributed by atoms with van der Waals surface area (Å²) in [6, 6.07) is 14.2. The van der Waals surface area contributed by atoms with Gasteiger partial charge in [0.05, 0.1) is 15.3 Å². The molecule has 1 atom stereocenters. The fourth-order valence-electron chi connectivity index (χ4n) is 1.95. The molecule has 2 N–H and O–H groups in total. The van der Waals surface area contributed by atoms with Crippen molar-refractivity contribution in [1.29, 1.82) is 0 Å². The first-order valence-electron chi connectivity index (χ1n) is 5.59. The predicted octanol–water partition coefficient (Wildman–Crippen LogP) is 4.11. The van der Waals surface area contributed by atoms with Gasteiger partial charge in [0, 0.05) is 16.5 Å². The first-order chi connectivity index (χ1) is 8.74. The highest BCUT2D eigenvalue weighted by Gasteiger charge is 2.11. The minimum absolute atomic E-state index is 0.0779. The van der Waals surface area contributed by atoms with Gasteiger partial charge in [-0.1, -0.05) is 12.1 Å². The molecule has 90 valence electrons. The zero-order chi connectivity index (χ0) is 12.5. The minimum Gasteiger partial charge on any atom is -0.320 e. The van der Waals surface area contributed by atoms with Gasteiger partial charge in [-0.2, -0.15) is 0 Å². The molecule has 0 radical (unpaired) electrons. The summed E-state index contributed by atoms with van der Waals surface area (Å²) >= 11 is 5.14. The van der Waals surface area contributed by atoms with Crippen LogP contribution in [0.25, 0.3) is 10.9 Å². The molecule has 0 spiro atoms. The van der Waals surface area contributed by atoms with Gasteiger partial charge >= 0.3 is 0 Å². The molecular weight excluding hydrogens is 308 g/mol. The van der Waals surface area contributed by atoms with E-state index in [-0.39, 0.29) is 6.04 Å². The molecule has 0 aliphatic carbocycles. The highest BCUT2D eigenvalue weighted by Crippen LogP contribution is 2.30. The van der Waals surface area contributed by atoms with Crippen molar-refractivity contribution in [3.05, 3.63) is 62.9 Å². The van der Waals surface area contributed by atoms with E-state index in [1.54, 1.807) is 17.5 Å². The van der Waals surface area contributed by atoms with Crippen molar-refractivity contribution in [3.63, 3.8) is 0 Å². The van der Waals surface area contributed by atoms with Crippen LogP contribution in [0.15, 0.2) is 52.4 Å². The number of hydrogen-bond donors (Lipinski definition) is 1. The lowest BCUT2D eigenvalue weighted by molar-refractivity contribution is 0.895. The molecule has 0 fully saturated rings. The van der Waals surface area contributed by atoms with Crippen LogP contribution in [0.5, 0.6) is 0 Å². The van der Waals surface area contributed by atoms with E-state index in [2.05, 4.69) is 39.1 Å². The number of halogens is 1. The Kier molecular flexibility index (Phi) is 3.16. The second-order valence-electron chi connectivity index (χ2n) is 4.08. The Balaban J connectivity index is 2.03. The molecule has 2 heterocycles. The summed E-state index contributed by atoms with van der Waals surface area (Å²) in [4.78, 5) is 5.47. The normalized spacial score (nSPS) is 12.8. The van der Waals surface area contributed by atoms with E-state index in [4.69, 9.17) is 5.73 Å². The molecule has 0 aliphatic heterocycles. The van der Waals surface area contributed by atoms with Crippen LogP contribution >= 0.6 is 27.3 Å². The van der Waals surface area contributed by atoms with Gasteiger partial charge in [-0.05, 0) is 51.8 Å². The molecule has 4 heteroatoms. The van der Waals surface area contributed by atoms with Crippen molar-refractivity contribution in [2.45, 2.75) is 6.04 Å². The number of fused-ring (bicyclic) bond motifs is 1. The smallest absolute Gasteiger partial charge is 0.0702 e. The van der Waals surface area contributed by atoms with Crippen LogP contribution in [0.1, 0.15) is 16.5 Å². The first kappa shape index (κ1) is 11.8. The third-order valence-electron chi connectivity index (χ3n) is 2.89. The molecule has 0 saturated carbocycles. The molecule has 0 saturated heterocycles. The number of hydrogen-bond acceptors (Lipinski definition) is 3. The van der Waals surface area contributed by atoms with Crippen molar-refractivity contribution in [3.8, 4) is 0 Å². The lowest BCUT2D eigenvalue weighted by atomic mass is 10.0. The Morgan fingerprint density at radius 3 is 2.83 bits per heavy atom. The lowest BCUT2D eigenvalue weighted by Crippen LogP contribution is -2.09. The van der Waals surface area contributed by atoms with Crippen LogP contribution in [-0.2, 0) is 0 Å². The van der Waals surface area contributed by atoms with Crippen molar-refractivity contribution in [1.82, 2.24) is 4.98 Å². The van der Waals surface area contributed by atoms with Crippen molar-refractivity contribution < 1.29 is 0 Å². The standard InChI is InChI=1S/C14H11BrN2S/c15-13-6-5-12(18-13)14(16)10-3-4-11-9(8-10)2-1-7-17-11/h1-8,14H,16H2. The maximum atomic E-state index is 6.29. The number of thiophene rings is 1. The quantitative estimate of drug-likeness (QED) is 0.772. The number of rotatable bonds is 2. The Bertz CT molecular complexity index is 693. The van der Waals surface area contributed by atoms with E-state index < -0.39 is 0 Å². The summed E-state index contributed by atoms with van der Waals surface area (Å²) in [5.74, 6) is 0. The van der Waals surface area contributed by atoms with E-state index in [0.29, 0.717) is 0 Å². The van der Waals surface area contributed by atoms with Crippen LogP contribution in [0.3, 0.4) is 0 Å². The Morgan fingerprint density at radius 2 is 2.06 bits per heavy atom. The van der Waals surface area contributed by atoms with Crippen LogP contribution in [0.4, 0.5) is 0 Å². The second-order valence-corrected chi connectivity index (χ2v) is 6.57. The zero-order valence-corrected chi connectivity index (χ0v) is 11.9. The van der Waals surface area contributed by atoms with Crippen LogP contribution < -0.4 is 5.73 Å². The van der Waals surface area contributed by atoms with Gasteiger partial charge in [0.2, 0.25) is 0 Å². The van der Waals surface area contributed by atoms with E-state index >= 15 is 0 Å². The van der Waals surface area contributed by atoms with Crippen molar-refractivity contribution in [2.75, 3.05) is 0 Å². The minimum atomic E-state index is -0.0779. The molecule has 0 amide bonds. The van der Waals surface area contributed by atoms with E-state index in [1.807, 2.05) is 24.3 Å². The molecule has 1 aromatic carbocycles. The lowest BCUT2D eigenvalue weighted by Gasteiger charge is -2.10. The summed E-state index contributed by atoms with van der Waals surface area (Å²) < 4.78 is 1.11. The molecular formula is C14H11BrN2S. The highest BCUT2D eigenvalue weighted by atomic mass is 79.9. The first-order valence-corrected chi connectivity index (χ1v) is 7.20. The van der Waals surface area contributed by atoms with Crippen LogP contribution in [0.2, 0.25) is 0 Å². The molecule has 1 unspecified atom stereocenters. The Hall–Kier alpha value is -1.23. The van der Waals surface area contributed by atoms with Gasteiger partial charge in [-0.15, -0.1) is 11.3 Å². The van der Waals surface area contributed by atoms with Crippen LogP contribution in [-0.4, -0.2) is 4.98 Å². The largest absolute Gasteiger partial charge is 0.320 e. The second kappa shape index (κ2) is 4.80. The number of pyridine rings is 1. The summed E-state index contributed by atoms with van der Waals surface area (Å²) in [6.07, 6.45) is 1.80. The summed E-state index contributed by atoms with van der Waals surface area (Å²) in [6.45, 7) is 0. The number of nitrogens with zero attached hydrogens (tertiary/aromatic N) is 1. The number of nitrogens with two attached hydrogens (primary N) is 1. The number of aromatic nitrogens is 1. The van der Waals surface area contributed by atoms with E-state index in [0.717, 1.165) is 25.1 Å². The molecule has 3 rings (SSSR count). The average Bonchev–Trinajstić information content (AvgIpc) is 2.84. The van der Waals surface area contributed by atoms with Crippen molar-refractivity contribution in [2.24, 2.45) is 5.73 Å². The Morgan fingerprint density at radius 1 is 1.17 bits per heavy atom. The molecule has 3 aromatic rings. The van der Waals surface area contributed by atoms with E-state index in [1.165, 1.54) is 0 Å². The summed E-state index contributed by atoms with van der Waals surface area (Å²) in [5, 5.41) is 1.13. The van der Waals surface area contributed by atoms with Gasteiger partial charge in [0.15, 0.2) is 0 Å². The van der Waals surface area contributed by atoms with Gasteiger partial charge < -0.3 is 5.73 Å². The van der Waals surface area contributed by atoms with Gasteiger partial charge in [0.1, 0.15) is 0 Å². The fraction of sp³-hybridized carbons (Fsp3) is 0.0714. The molecule has 0 aliphatic rings. The molecule has 0 bridgehead atoms. The van der Waals surface area contributed by atoms with E-state index in [9.17, 15) is 0 Å². The predicted molar refractivity (Wildman–Crippen MR) is 79.8 cm³/mol. The third kappa shape index (κ3) is 2.19. The molecule has 2 aromatic heterocycles. The zero-order valence-electron chi connectivity index (χ0n) is 9.51. The van der Waals surface area contributed by atoms with Gasteiger partial charge in [0.25, 0.3) is 0 Å². The highest BCUT2D eigenvalue weighted by molar-refractivity contribution is 9.11. The topological polar surface area (TPSA) is 38.9 Å². The average molecular weight is 319 g/mol.